The molecule has 1 aromatic carbocycles. The van der Waals surface area contributed by atoms with Gasteiger partial charge in [0.2, 0.25) is 0 Å². The Morgan fingerprint density at radius 2 is 1.89 bits per heavy atom. The van der Waals surface area contributed by atoms with Crippen LogP contribution in [0.25, 0.3) is 0 Å². The highest BCUT2D eigenvalue weighted by molar-refractivity contribution is 7.99. The first-order valence-electron chi connectivity index (χ1n) is 6.01. The molecule has 0 aliphatic rings. The summed E-state index contributed by atoms with van der Waals surface area (Å²) >= 11 is 1.42. The van der Waals surface area contributed by atoms with E-state index in [9.17, 15) is 5.11 Å². The summed E-state index contributed by atoms with van der Waals surface area (Å²) in [6.45, 7) is 2.21. The number of nitrogens with zero attached hydrogens (tertiary/aromatic N) is 2. The van der Waals surface area contributed by atoms with Crippen LogP contribution < -0.4 is 4.74 Å². The molecule has 0 saturated carbocycles. The summed E-state index contributed by atoms with van der Waals surface area (Å²) in [6, 6.07) is 9.45. The molecule has 4 nitrogen and oxygen atoms in total. The highest BCUT2D eigenvalue weighted by atomic mass is 32.2. The predicted molar refractivity (Wildman–Crippen MR) is 75.4 cm³/mol. The Balaban J connectivity index is 1.72. The minimum atomic E-state index is -0.546. The number of aliphatic hydroxyl groups is 1. The van der Waals surface area contributed by atoms with Gasteiger partial charge in [-0.15, -0.1) is 0 Å². The van der Waals surface area contributed by atoms with E-state index in [4.69, 9.17) is 4.74 Å². The fourth-order valence-electron chi connectivity index (χ4n) is 1.38. The van der Waals surface area contributed by atoms with Crippen molar-refractivity contribution in [3.63, 3.8) is 0 Å². The number of hydrogen-bond donors (Lipinski definition) is 1. The molecule has 0 saturated heterocycles. The van der Waals surface area contributed by atoms with Crippen molar-refractivity contribution >= 4 is 11.8 Å². The van der Waals surface area contributed by atoms with Gasteiger partial charge in [0.15, 0.2) is 5.16 Å². The predicted octanol–water partition coefficient (Wildman–Crippen LogP) is 2.32. The summed E-state index contributed by atoms with van der Waals surface area (Å²) in [5, 5.41) is 10.5. The third-order valence-electron chi connectivity index (χ3n) is 2.35. The first-order valence-corrected chi connectivity index (χ1v) is 7.00. The number of para-hydroxylation sites is 1. The SMILES string of the molecule is Cc1cnc(SC[C@@H](O)COc2ccccc2)nc1. The van der Waals surface area contributed by atoms with Crippen LogP contribution in [0.4, 0.5) is 0 Å². The van der Waals surface area contributed by atoms with E-state index in [0.29, 0.717) is 10.9 Å². The van der Waals surface area contributed by atoms with Gasteiger partial charge >= 0.3 is 0 Å². The van der Waals surface area contributed by atoms with Crippen LogP contribution in [0.3, 0.4) is 0 Å². The molecule has 2 rings (SSSR count). The molecular weight excluding hydrogens is 260 g/mol. The normalized spacial score (nSPS) is 12.1. The van der Waals surface area contributed by atoms with E-state index in [2.05, 4.69) is 9.97 Å². The largest absolute Gasteiger partial charge is 0.491 e. The summed E-state index contributed by atoms with van der Waals surface area (Å²) in [5.74, 6) is 1.27. The highest BCUT2D eigenvalue weighted by Crippen LogP contribution is 2.14. The summed E-state index contributed by atoms with van der Waals surface area (Å²) in [6.07, 6.45) is 2.99. The molecule has 1 aromatic heterocycles. The molecule has 0 bridgehead atoms. The van der Waals surface area contributed by atoms with E-state index in [1.54, 1.807) is 12.4 Å². The quantitative estimate of drug-likeness (QED) is 0.648. The summed E-state index contributed by atoms with van der Waals surface area (Å²) in [5.41, 5.74) is 1.03. The average molecular weight is 276 g/mol. The topological polar surface area (TPSA) is 55.2 Å². The number of hydrogen-bond acceptors (Lipinski definition) is 5. The lowest BCUT2D eigenvalue weighted by Gasteiger charge is -2.11. The Morgan fingerprint density at radius 3 is 2.58 bits per heavy atom. The summed E-state index contributed by atoms with van der Waals surface area (Å²) in [4.78, 5) is 8.34. The first kappa shape index (κ1) is 13.8. The third kappa shape index (κ3) is 4.89. The fraction of sp³-hybridized carbons (Fsp3) is 0.286. The van der Waals surface area contributed by atoms with Gasteiger partial charge < -0.3 is 9.84 Å². The van der Waals surface area contributed by atoms with E-state index in [1.807, 2.05) is 37.3 Å². The number of benzene rings is 1. The summed E-state index contributed by atoms with van der Waals surface area (Å²) < 4.78 is 5.47. The van der Waals surface area contributed by atoms with Crippen LogP contribution >= 0.6 is 11.8 Å². The molecule has 1 N–H and O–H groups in total. The zero-order chi connectivity index (χ0) is 13.5. The lowest BCUT2D eigenvalue weighted by atomic mass is 10.3. The Morgan fingerprint density at radius 1 is 1.21 bits per heavy atom. The lowest BCUT2D eigenvalue weighted by molar-refractivity contribution is 0.126. The van der Waals surface area contributed by atoms with Gasteiger partial charge in [-0.1, -0.05) is 30.0 Å². The van der Waals surface area contributed by atoms with Gasteiger partial charge in [0.1, 0.15) is 12.4 Å². The van der Waals surface area contributed by atoms with Gasteiger partial charge in [0.05, 0.1) is 6.10 Å². The maximum atomic E-state index is 9.83. The molecule has 0 aliphatic carbocycles. The average Bonchev–Trinajstić information content (AvgIpc) is 2.45. The maximum absolute atomic E-state index is 9.83. The fourth-order valence-corrected chi connectivity index (χ4v) is 2.08. The van der Waals surface area contributed by atoms with Crippen molar-refractivity contribution < 1.29 is 9.84 Å². The van der Waals surface area contributed by atoms with E-state index in [-0.39, 0.29) is 6.61 Å². The van der Waals surface area contributed by atoms with E-state index < -0.39 is 6.10 Å². The molecule has 1 atom stereocenters. The second-order valence-electron chi connectivity index (χ2n) is 4.13. The van der Waals surface area contributed by atoms with Crippen molar-refractivity contribution in [2.45, 2.75) is 18.2 Å². The molecule has 19 heavy (non-hydrogen) atoms. The molecule has 0 fully saturated rings. The number of thioether (sulfide) groups is 1. The van der Waals surface area contributed by atoms with Crippen molar-refractivity contribution in [1.29, 1.82) is 0 Å². The molecular formula is C14H16N2O2S. The van der Waals surface area contributed by atoms with Crippen LogP contribution in [-0.4, -0.2) is 33.5 Å². The van der Waals surface area contributed by atoms with Crippen LogP contribution in [0.15, 0.2) is 47.9 Å². The van der Waals surface area contributed by atoms with Crippen LogP contribution in [0.5, 0.6) is 5.75 Å². The molecule has 1 heterocycles. The van der Waals surface area contributed by atoms with Crippen molar-refractivity contribution in [3.05, 3.63) is 48.3 Å². The summed E-state index contributed by atoms with van der Waals surface area (Å²) in [7, 11) is 0. The molecule has 5 heteroatoms. The van der Waals surface area contributed by atoms with Gasteiger partial charge in [0, 0.05) is 18.1 Å². The molecule has 0 spiro atoms. The Kier molecular flexibility index (Phi) is 5.18. The standard InChI is InChI=1S/C14H16N2O2S/c1-11-7-15-14(16-8-11)19-10-12(17)9-18-13-5-3-2-4-6-13/h2-8,12,17H,9-10H2,1H3/t12-/m0/s1. The Bertz CT molecular complexity index is 491. The minimum absolute atomic E-state index is 0.267. The lowest BCUT2D eigenvalue weighted by Crippen LogP contribution is -2.20. The number of aliphatic hydroxyl groups excluding tert-OH is 1. The monoisotopic (exact) mass is 276 g/mol. The van der Waals surface area contributed by atoms with E-state index in [0.717, 1.165) is 11.3 Å². The third-order valence-corrected chi connectivity index (χ3v) is 3.37. The van der Waals surface area contributed by atoms with Gasteiger partial charge in [-0.3, -0.25) is 0 Å². The van der Waals surface area contributed by atoms with Gasteiger partial charge in [0.25, 0.3) is 0 Å². The van der Waals surface area contributed by atoms with Gasteiger partial charge in [-0.25, -0.2) is 9.97 Å². The zero-order valence-electron chi connectivity index (χ0n) is 10.7. The van der Waals surface area contributed by atoms with Crippen LogP contribution in [0.1, 0.15) is 5.56 Å². The molecule has 0 radical (unpaired) electrons. The molecule has 0 unspecified atom stereocenters. The zero-order valence-corrected chi connectivity index (χ0v) is 11.5. The number of aryl methyl sites for hydroxylation is 1. The van der Waals surface area contributed by atoms with Crippen LogP contribution in [0.2, 0.25) is 0 Å². The van der Waals surface area contributed by atoms with Crippen molar-refractivity contribution in [2.75, 3.05) is 12.4 Å². The Labute approximate surface area is 116 Å². The van der Waals surface area contributed by atoms with Crippen LogP contribution in [-0.2, 0) is 0 Å². The number of aromatic nitrogens is 2. The van der Waals surface area contributed by atoms with Gasteiger partial charge in [-0.2, -0.15) is 0 Å². The van der Waals surface area contributed by atoms with Crippen molar-refractivity contribution in [2.24, 2.45) is 0 Å². The van der Waals surface area contributed by atoms with E-state index in [1.165, 1.54) is 11.8 Å². The van der Waals surface area contributed by atoms with Gasteiger partial charge in [-0.05, 0) is 24.6 Å². The number of ether oxygens (including phenoxy) is 1. The molecule has 100 valence electrons. The molecule has 0 aliphatic heterocycles. The van der Waals surface area contributed by atoms with E-state index >= 15 is 0 Å². The van der Waals surface area contributed by atoms with Crippen LogP contribution in [0, 0.1) is 6.92 Å². The minimum Gasteiger partial charge on any atom is -0.491 e. The highest BCUT2D eigenvalue weighted by Gasteiger charge is 2.07. The smallest absolute Gasteiger partial charge is 0.187 e. The first-order chi connectivity index (χ1) is 9.24. The van der Waals surface area contributed by atoms with Crippen molar-refractivity contribution in [3.8, 4) is 5.75 Å². The second-order valence-corrected chi connectivity index (χ2v) is 5.12. The van der Waals surface area contributed by atoms with Crippen molar-refractivity contribution in [1.82, 2.24) is 9.97 Å². The molecule has 0 amide bonds. The second kappa shape index (κ2) is 7.11. The number of rotatable bonds is 6. The Hall–Kier alpha value is -1.59. The maximum Gasteiger partial charge on any atom is 0.187 e. The molecule has 2 aromatic rings.